The number of aliphatic imine (C=N–C) groups is 1. The van der Waals surface area contributed by atoms with Crippen molar-refractivity contribution in [2.75, 3.05) is 32.4 Å². The van der Waals surface area contributed by atoms with Gasteiger partial charge >= 0.3 is 0 Å². The van der Waals surface area contributed by atoms with Crippen molar-refractivity contribution in [2.45, 2.75) is 55.8 Å². The lowest BCUT2D eigenvalue weighted by Crippen LogP contribution is -2.44. The van der Waals surface area contributed by atoms with Crippen LogP contribution in [0.2, 0.25) is 0 Å². The summed E-state index contributed by atoms with van der Waals surface area (Å²) in [5.74, 6) is -2.32. The third kappa shape index (κ3) is 7.00. The predicted octanol–water partition coefficient (Wildman–Crippen LogP) is 5.00. The summed E-state index contributed by atoms with van der Waals surface area (Å²) in [7, 11) is -3.41. The van der Waals surface area contributed by atoms with Crippen molar-refractivity contribution in [1.82, 2.24) is 10.2 Å². The van der Waals surface area contributed by atoms with Gasteiger partial charge in [0.2, 0.25) is 11.8 Å². The van der Waals surface area contributed by atoms with Gasteiger partial charge in [-0.1, -0.05) is 79.7 Å². The van der Waals surface area contributed by atoms with Crippen molar-refractivity contribution < 1.29 is 18.0 Å². The Bertz CT molecular complexity index is 1670. The van der Waals surface area contributed by atoms with Gasteiger partial charge in [0, 0.05) is 41.1 Å². The van der Waals surface area contributed by atoms with Crippen LogP contribution < -0.4 is 11.1 Å². The zero-order valence-electron chi connectivity index (χ0n) is 26.9. The summed E-state index contributed by atoms with van der Waals surface area (Å²) < 4.78 is 24.1. The highest BCUT2D eigenvalue weighted by atomic mass is 32.2. The standard InChI is InChI=1S/C37H44N4O4S/c1-4-31-34(35(38)42)33(27-16-18-30(19-17-27)46(3,44)45)32(26(2)40-31)36(43)39-22-11-23-41-24-20-37(21-25-41,28-12-7-5-8-13-28)29-14-9-6-10-15-29/h5-10,12-19,33-34H,4,11,20-25H2,1-3H3,(H2,38,42)(H,39,43). The van der Waals surface area contributed by atoms with E-state index in [0.717, 1.165) is 45.2 Å². The van der Waals surface area contributed by atoms with Gasteiger partial charge in [-0.3, -0.25) is 14.6 Å². The molecule has 2 amide bonds. The number of primary amides is 1. The number of allylic oxidation sites excluding steroid dienone is 1. The molecule has 2 atom stereocenters. The first-order valence-corrected chi connectivity index (χ1v) is 17.9. The van der Waals surface area contributed by atoms with E-state index in [0.29, 0.717) is 35.5 Å². The molecule has 1 fully saturated rings. The Balaban J connectivity index is 1.26. The summed E-state index contributed by atoms with van der Waals surface area (Å²) in [4.78, 5) is 33.8. The van der Waals surface area contributed by atoms with Crippen molar-refractivity contribution in [1.29, 1.82) is 0 Å². The van der Waals surface area contributed by atoms with Crippen LogP contribution in [0.4, 0.5) is 0 Å². The highest BCUT2D eigenvalue weighted by Gasteiger charge is 2.41. The third-order valence-electron chi connectivity index (χ3n) is 9.58. The number of benzene rings is 3. The van der Waals surface area contributed by atoms with E-state index in [9.17, 15) is 18.0 Å². The van der Waals surface area contributed by atoms with Gasteiger partial charge in [0.1, 0.15) is 0 Å². The number of nitrogens with zero attached hydrogens (tertiary/aromatic N) is 2. The fourth-order valence-electron chi connectivity index (χ4n) is 7.16. The fraction of sp³-hybridized carbons (Fsp3) is 0.378. The van der Waals surface area contributed by atoms with Crippen LogP contribution in [0.1, 0.15) is 62.1 Å². The fourth-order valence-corrected chi connectivity index (χ4v) is 7.79. The number of rotatable bonds is 11. The molecule has 0 saturated carbocycles. The minimum atomic E-state index is -3.41. The zero-order chi connectivity index (χ0) is 32.9. The van der Waals surface area contributed by atoms with Crippen LogP contribution in [0.3, 0.4) is 0 Å². The first-order valence-electron chi connectivity index (χ1n) is 16.0. The van der Waals surface area contributed by atoms with Crippen LogP contribution in [0.5, 0.6) is 0 Å². The van der Waals surface area contributed by atoms with Gasteiger partial charge in [-0.05, 0) is 81.1 Å². The summed E-state index contributed by atoms with van der Waals surface area (Å²) in [5.41, 5.74) is 10.8. The van der Waals surface area contributed by atoms with Crippen LogP contribution in [-0.4, -0.2) is 63.3 Å². The van der Waals surface area contributed by atoms with Crippen LogP contribution in [0.15, 0.2) is 106 Å². The minimum Gasteiger partial charge on any atom is -0.369 e. The number of hydrogen-bond donors (Lipinski definition) is 2. The van der Waals surface area contributed by atoms with Gasteiger partial charge in [-0.2, -0.15) is 0 Å². The third-order valence-corrected chi connectivity index (χ3v) is 10.7. The van der Waals surface area contributed by atoms with E-state index in [4.69, 9.17) is 5.73 Å². The number of piperidine rings is 1. The second-order valence-corrected chi connectivity index (χ2v) is 14.4. The number of nitrogens with one attached hydrogen (secondary N) is 1. The summed E-state index contributed by atoms with van der Waals surface area (Å²) in [5, 5.41) is 3.08. The van der Waals surface area contributed by atoms with Crippen molar-refractivity contribution in [3.05, 3.63) is 113 Å². The monoisotopic (exact) mass is 640 g/mol. The van der Waals surface area contributed by atoms with E-state index < -0.39 is 27.6 Å². The van der Waals surface area contributed by atoms with Crippen LogP contribution in [0, 0.1) is 5.92 Å². The van der Waals surface area contributed by atoms with Crippen molar-refractivity contribution in [3.63, 3.8) is 0 Å². The SMILES string of the molecule is CCC1=NC(C)=C(C(=O)NCCCN2CCC(c3ccccc3)(c3ccccc3)CC2)C(c2ccc(S(C)(=O)=O)cc2)C1C(N)=O. The van der Waals surface area contributed by atoms with E-state index >= 15 is 0 Å². The number of sulfone groups is 1. The minimum absolute atomic E-state index is 0.0123. The maximum absolute atomic E-state index is 13.7. The van der Waals surface area contributed by atoms with Crippen molar-refractivity contribution >= 4 is 27.4 Å². The van der Waals surface area contributed by atoms with Gasteiger partial charge in [0.25, 0.3) is 0 Å². The maximum atomic E-state index is 13.7. The lowest BCUT2D eigenvalue weighted by Gasteiger charge is -2.43. The molecule has 5 rings (SSSR count). The Morgan fingerprint density at radius 3 is 2.00 bits per heavy atom. The van der Waals surface area contributed by atoms with Gasteiger partial charge < -0.3 is 16.0 Å². The van der Waals surface area contributed by atoms with E-state index in [2.05, 4.69) is 75.9 Å². The number of hydrogen-bond acceptors (Lipinski definition) is 6. The molecule has 0 aromatic heterocycles. The largest absolute Gasteiger partial charge is 0.369 e. The molecule has 2 aliphatic heterocycles. The highest BCUT2D eigenvalue weighted by molar-refractivity contribution is 7.90. The molecule has 3 aromatic rings. The first kappa shape index (κ1) is 33.3. The lowest BCUT2D eigenvalue weighted by atomic mass is 9.68. The Hall–Kier alpha value is -4.08. The average Bonchev–Trinajstić information content (AvgIpc) is 3.06. The summed E-state index contributed by atoms with van der Waals surface area (Å²) in [6.45, 7) is 6.93. The second kappa shape index (κ2) is 14.1. The molecule has 0 aliphatic carbocycles. The molecule has 3 aromatic carbocycles. The number of amides is 2. The predicted molar refractivity (Wildman–Crippen MR) is 182 cm³/mol. The van der Waals surface area contributed by atoms with E-state index in [1.54, 1.807) is 19.1 Å². The summed E-state index contributed by atoms with van der Waals surface area (Å²) >= 11 is 0. The topological polar surface area (TPSA) is 122 Å². The van der Waals surface area contributed by atoms with Gasteiger partial charge in [-0.25, -0.2) is 8.42 Å². The van der Waals surface area contributed by atoms with Gasteiger partial charge in [0.05, 0.1) is 10.8 Å². The highest BCUT2D eigenvalue weighted by Crippen LogP contribution is 2.42. The molecule has 1 saturated heterocycles. The van der Waals surface area contributed by atoms with Crippen molar-refractivity contribution in [2.24, 2.45) is 16.6 Å². The zero-order valence-corrected chi connectivity index (χ0v) is 27.7. The number of likely N-dealkylation sites (tertiary alicyclic amines) is 1. The van der Waals surface area contributed by atoms with Crippen LogP contribution >= 0.6 is 0 Å². The smallest absolute Gasteiger partial charge is 0.249 e. The molecule has 0 bridgehead atoms. The molecule has 2 heterocycles. The molecule has 0 radical (unpaired) electrons. The molecule has 46 heavy (non-hydrogen) atoms. The summed E-state index contributed by atoms with van der Waals surface area (Å²) in [6, 6.07) is 27.9. The molecule has 8 nitrogen and oxygen atoms in total. The van der Waals surface area contributed by atoms with Crippen molar-refractivity contribution in [3.8, 4) is 0 Å². The lowest BCUT2D eigenvalue weighted by molar-refractivity contribution is -0.120. The van der Waals surface area contributed by atoms with Gasteiger partial charge in [-0.15, -0.1) is 0 Å². The molecule has 2 unspecified atom stereocenters. The van der Waals surface area contributed by atoms with Crippen LogP contribution in [-0.2, 0) is 24.8 Å². The Morgan fingerprint density at radius 1 is 0.935 bits per heavy atom. The number of carbonyl (C=O) groups is 2. The first-order chi connectivity index (χ1) is 22.0. The Morgan fingerprint density at radius 2 is 1.50 bits per heavy atom. The molecule has 0 spiro atoms. The average molecular weight is 641 g/mol. The maximum Gasteiger partial charge on any atom is 0.249 e. The van der Waals surface area contributed by atoms with E-state index in [1.165, 1.54) is 23.3 Å². The van der Waals surface area contributed by atoms with Gasteiger partial charge in [0.15, 0.2) is 9.84 Å². The molecule has 3 N–H and O–H groups in total. The number of nitrogens with two attached hydrogens (primary N) is 1. The normalized spacial score (nSPS) is 20.2. The summed E-state index contributed by atoms with van der Waals surface area (Å²) in [6.07, 6.45) is 4.46. The molecule has 9 heteroatoms. The second-order valence-electron chi connectivity index (χ2n) is 12.4. The Labute approximate surface area is 272 Å². The Kier molecular flexibility index (Phi) is 10.2. The van der Waals surface area contributed by atoms with E-state index in [1.807, 2.05) is 6.92 Å². The molecule has 242 valence electrons. The van der Waals surface area contributed by atoms with E-state index in [-0.39, 0.29) is 16.2 Å². The number of carbonyl (C=O) groups excluding carboxylic acids is 2. The quantitative estimate of drug-likeness (QED) is 0.286. The molecular weight excluding hydrogens is 596 g/mol. The van der Waals surface area contributed by atoms with Crippen LogP contribution in [0.25, 0.3) is 0 Å². The molecule has 2 aliphatic rings. The molecular formula is C37H44N4O4S.